The number of hydrogen-bond donors (Lipinski definition) is 1. The monoisotopic (exact) mass is 414 g/mol. The van der Waals surface area contributed by atoms with Gasteiger partial charge in [0.05, 0.1) is 12.6 Å². The van der Waals surface area contributed by atoms with Gasteiger partial charge in [0.1, 0.15) is 5.82 Å². The van der Waals surface area contributed by atoms with Gasteiger partial charge in [-0.05, 0) is 48.0 Å². The number of benzene rings is 2. The first-order chi connectivity index (χ1) is 14.9. The van der Waals surface area contributed by atoms with Gasteiger partial charge in [0.15, 0.2) is 0 Å². The van der Waals surface area contributed by atoms with E-state index in [9.17, 15) is 9.59 Å². The summed E-state index contributed by atoms with van der Waals surface area (Å²) in [6.45, 7) is 2.99. The molecule has 2 aromatic carbocycles. The average molecular weight is 415 g/mol. The topological polar surface area (TPSA) is 65.5 Å². The number of rotatable bonds is 4. The zero-order valence-corrected chi connectivity index (χ0v) is 18.0. The molecule has 1 atom stereocenters. The van der Waals surface area contributed by atoms with Crippen molar-refractivity contribution in [1.82, 2.24) is 14.8 Å². The van der Waals surface area contributed by atoms with E-state index < -0.39 is 0 Å². The highest BCUT2D eigenvalue weighted by Gasteiger charge is 2.19. The Hall–Kier alpha value is -3.51. The van der Waals surface area contributed by atoms with E-state index in [0.29, 0.717) is 18.9 Å². The minimum atomic E-state index is -0.0826. The number of aromatic nitrogens is 1. The maximum Gasteiger partial charge on any atom is 0.246 e. The molecule has 4 rings (SSSR count). The Morgan fingerprint density at radius 2 is 1.97 bits per heavy atom. The van der Waals surface area contributed by atoms with Gasteiger partial charge in [0, 0.05) is 31.4 Å². The van der Waals surface area contributed by atoms with Crippen LogP contribution in [0.3, 0.4) is 0 Å². The summed E-state index contributed by atoms with van der Waals surface area (Å²) in [5, 5.41) is 5.14. The fourth-order valence-corrected chi connectivity index (χ4v) is 3.92. The molecule has 0 unspecified atom stereocenters. The molecule has 3 aromatic rings. The van der Waals surface area contributed by atoms with Gasteiger partial charge < -0.3 is 10.2 Å². The van der Waals surface area contributed by atoms with E-state index >= 15 is 0 Å². The van der Waals surface area contributed by atoms with E-state index in [1.807, 2.05) is 50.2 Å². The van der Waals surface area contributed by atoms with Crippen molar-refractivity contribution in [2.75, 3.05) is 26.0 Å². The molecule has 0 radical (unpaired) electrons. The molecule has 0 bridgehead atoms. The highest BCUT2D eigenvalue weighted by molar-refractivity contribution is 5.94. The van der Waals surface area contributed by atoms with E-state index in [4.69, 9.17) is 0 Å². The molecule has 158 valence electrons. The predicted molar refractivity (Wildman–Crippen MR) is 123 cm³/mol. The molecule has 1 aliphatic rings. The maximum atomic E-state index is 12.9. The van der Waals surface area contributed by atoms with Gasteiger partial charge in [-0.25, -0.2) is 4.98 Å². The molecule has 1 aliphatic heterocycles. The van der Waals surface area contributed by atoms with E-state index in [1.54, 1.807) is 23.2 Å². The average Bonchev–Trinajstić information content (AvgIpc) is 2.91. The zero-order chi connectivity index (χ0) is 22.0. The second-order valence-electron chi connectivity index (χ2n) is 8.02. The number of hydrogen-bond acceptors (Lipinski definition) is 4. The molecule has 6 nitrogen and oxygen atoms in total. The molecule has 0 fully saturated rings. The van der Waals surface area contributed by atoms with Crippen LogP contribution in [0.15, 0.2) is 60.8 Å². The van der Waals surface area contributed by atoms with E-state index in [-0.39, 0.29) is 17.9 Å². The third kappa shape index (κ3) is 4.49. The molecule has 31 heavy (non-hydrogen) atoms. The van der Waals surface area contributed by atoms with Crippen LogP contribution in [-0.2, 0) is 16.1 Å². The Balaban J connectivity index is 1.52. The van der Waals surface area contributed by atoms with E-state index in [2.05, 4.69) is 34.6 Å². The third-order valence-electron chi connectivity index (χ3n) is 5.72. The number of anilines is 1. The van der Waals surface area contributed by atoms with Crippen LogP contribution >= 0.6 is 0 Å². The van der Waals surface area contributed by atoms with Gasteiger partial charge in [0.25, 0.3) is 0 Å². The lowest BCUT2D eigenvalue weighted by Gasteiger charge is -2.25. The normalized spacial score (nSPS) is 15.4. The van der Waals surface area contributed by atoms with Crippen molar-refractivity contribution in [1.29, 1.82) is 0 Å². The minimum Gasteiger partial charge on any atom is -0.335 e. The number of carbonyl (C=O) groups is 2. The number of nitrogens with zero attached hydrogens (tertiary/aromatic N) is 3. The predicted octanol–water partition coefficient (Wildman–Crippen LogP) is 3.85. The summed E-state index contributed by atoms with van der Waals surface area (Å²) in [7, 11) is 3.71. The Kier molecular flexibility index (Phi) is 5.82. The largest absolute Gasteiger partial charge is 0.335 e. The first-order valence-corrected chi connectivity index (χ1v) is 10.3. The van der Waals surface area contributed by atoms with Crippen molar-refractivity contribution in [3.8, 4) is 0 Å². The highest BCUT2D eigenvalue weighted by atomic mass is 16.2. The summed E-state index contributed by atoms with van der Waals surface area (Å²) >= 11 is 0. The molecule has 0 aliphatic carbocycles. The zero-order valence-electron chi connectivity index (χ0n) is 18.0. The lowest BCUT2D eigenvalue weighted by atomic mass is 9.99. The Labute approximate surface area is 182 Å². The van der Waals surface area contributed by atoms with Gasteiger partial charge in [0.2, 0.25) is 11.8 Å². The first-order valence-electron chi connectivity index (χ1n) is 10.3. The van der Waals surface area contributed by atoms with Crippen molar-refractivity contribution < 1.29 is 9.59 Å². The first kappa shape index (κ1) is 20.8. The lowest BCUT2D eigenvalue weighted by Crippen LogP contribution is -2.28. The molecule has 0 saturated carbocycles. The number of fused-ring (bicyclic) bond motifs is 2. The van der Waals surface area contributed by atoms with Crippen molar-refractivity contribution >= 4 is 34.5 Å². The van der Waals surface area contributed by atoms with Crippen LogP contribution in [0.25, 0.3) is 16.8 Å². The number of amides is 2. The SMILES string of the molecule is C[C@@H](c1cccc2ccccc12)N(C)C(=O)/C=C/c1cnc2c(c1)CN(C)CC(=O)N2. The Bertz CT molecular complexity index is 1170. The molecule has 0 spiro atoms. The van der Waals surface area contributed by atoms with Crippen LogP contribution in [0.1, 0.15) is 29.7 Å². The van der Waals surface area contributed by atoms with Crippen LogP contribution in [0.5, 0.6) is 0 Å². The summed E-state index contributed by atoms with van der Waals surface area (Å²) in [5.74, 6) is 0.427. The Morgan fingerprint density at radius 3 is 2.81 bits per heavy atom. The minimum absolute atomic E-state index is 0.0720. The van der Waals surface area contributed by atoms with Crippen molar-refractivity contribution in [2.24, 2.45) is 0 Å². The molecule has 2 amide bonds. The highest BCUT2D eigenvalue weighted by Crippen LogP contribution is 2.27. The summed E-state index contributed by atoms with van der Waals surface area (Å²) in [4.78, 5) is 32.7. The van der Waals surface area contributed by atoms with Crippen LogP contribution < -0.4 is 5.32 Å². The summed E-state index contributed by atoms with van der Waals surface area (Å²) < 4.78 is 0. The smallest absolute Gasteiger partial charge is 0.246 e. The molecule has 2 heterocycles. The fourth-order valence-electron chi connectivity index (χ4n) is 3.92. The number of pyridine rings is 1. The Morgan fingerprint density at radius 1 is 1.19 bits per heavy atom. The lowest BCUT2D eigenvalue weighted by molar-refractivity contribution is -0.126. The van der Waals surface area contributed by atoms with Crippen molar-refractivity contribution in [2.45, 2.75) is 19.5 Å². The van der Waals surface area contributed by atoms with Crippen LogP contribution in [0.2, 0.25) is 0 Å². The van der Waals surface area contributed by atoms with Crippen LogP contribution in [-0.4, -0.2) is 47.2 Å². The third-order valence-corrected chi connectivity index (χ3v) is 5.72. The summed E-state index contributed by atoms with van der Waals surface area (Å²) in [6, 6.07) is 16.3. The number of carbonyl (C=O) groups excluding carboxylic acids is 2. The van der Waals surface area contributed by atoms with Crippen LogP contribution in [0.4, 0.5) is 5.82 Å². The van der Waals surface area contributed by atoms with Crippen molar-refractivity contribution in [3.05, 3.63) is 77.5 Å². The maximum absolute atomic E-state index is 12.9. The van der Waals surface area contributed by atoms with Gasteiger partial charge in [-0.1, -0.05) is 42.5 Å². The van der Waals surface area contributed by atoms with Gasteiger partial charge in [-0.3, -0.25) is 14.5 Å². The van der Waals surface area contributed by atoms with Gasteiger partial charge in [-0.15, -0.1) is 0 Å². The standard InChI is InChI=1S/C25H26N4O2/c1-17(21-10-6-8-19-7-4-5-9-22(19)21)29(3)24(31)12-11-18-13-20-15-28(2)16-23(30)27-25(20)26-14-18/h4-14,17H,15-16H2,1-3H3,(H,26,27,30)/b12-11+/t17-/m0/s1. The molecular weight excluding hydrogens is 388 g/mol. The van der Waals surface area contributed by atoms with Gasteiger partial charge in [-0.2, -0.15) is 0 Å². The second kappa shape index (κ2) is 8.70. The summed E-state index contributed by atoms with van der Waals surface area (Å²) in [6.07, 6.45) is 5.01. The number of likely N-dealkylation sites (N-methyl/N-ethyl adjacent to an activating group) is 2. The van der Waals surface area contributed by atoms with E-state index in [0.717, 1.165) is 27.5 Å². The van der Waals surface area contributed by atoms with Gasteiger partial charge >= 0.3 is 0 Å². The van der Waals surface area contributed by atoms with Crippen molar-refractivity contribution in [3.63, 3.8) is 0 Å². The fraction of sp³-hybridized carbons (Fsp3) is 0.240. The second-order valence-corrected chi connectivity index (χ2v) is 8.02. The molecule has 1 N–H and O–H groups in total. The number of nitrogens with one attached hydrogen (secondary N) is 1. The van der Waals surface area contributed by atoms with E-state index in [1.165, 1.54) is 0 Å². The quantitative estimate of drug-likeness (QED) is 0.659. The molecular formula is C25H26N4O2. The molecule has 1 aromatic heterocycles. The molecule has 6 heteroatoms. The molecule has 0 saturated heterocycles. The van der Waals surface area contributed by atoms with Crippen LogP contribution in [0, 0.1) is 0 Å². The summed E-state index contributed by atoms with van der Waals surface area (Å²) in [5.41, 5.74) is 2.87.